The lowest BCUT2D eigenvalue weighted by molar-refractivity contribution is 0.0603. The molecule has 2 N–H and O–H groups in total. The number of carbonyl (C=O) groups is 1. The first-order valence-electron chi connectivity index (χ1n) is 5.57. The predicted molar refractivity (Wildman–Crippen MR) is 61.2 cm³/mol. The van der Waals surface area contributed by atoms with Crippen molar-refractivity contribution in [2.24, 2.45) is 5.73 Å². The summed E-state index contributed by atoms with van der Waals surface area (Å²) in [5, 5.41) is 0. The zero-order chi connectivity index (χ0) is 11.9. The SMILES string of the molecule is Cc1ccc(C(=O)N2CCC(N)C2(C)C)o1. The maximum atomic E-state index is 12.2. The Balaban J connectivity index is 2.23. The van der Waals surface area contributed by atoms with E-state index in [4.69, 9.17) is 10.2 Å². The fourth-order valence-electron chi connectivity index (χ4n) is 2.16. The molecule has 1 aromatic heterocycles. The molecule has 0 radical (unpaired) electrons. The van der Waals surface area contributed by atoms with E-state index in [1.54, 1.807) is 17.0 Å². The number of carbonyl (C=O) groups excluding carboxylic acids is 1. The quantitative estimate of drug-likeness (QED) is 0.784. The van der Waals surface area contributed by atoms with Gasteiger partial charge in [0.2, 0.25) is 0 Å². The van der Waals surface area contributed by atoms with E-state index in [1.807, 2.05) is 20.8 Å². The highest BCUT2D eigenvalue weighted by atomic mass is 16.3. The molecule has 0 aromatic carbocycles. The summed E-state index contributed by atoms with van der Waals surface area (Å²) >= 11 is 0. The minimum atomic E-state index is -0.294. The Morgan fingerprint density at radius 1 is 1.56 bits per heavy atom. The molecule has 1 aromatic rings. The Morgan fingerprint density at radius 3 is 2.69 bits per heavy atom. The van der Waals surface area contributed by atoms with Crippen molar-refractivity contribution in [3.05, 3.63) is 23.7 Å². The summed E-state index contributed by atoms with van der Waals surface area (Å²) in [6.45, 7) is 6.53. The number of amides is 1. The number of likely N-dealkylation sites (tertiary alicyclic amines) is 1. The summed E-state index contributed by atoms with van der Waals surface area (Å²) < 4.78 is 5.35. The van der Waals surface area contributed by atoms with Gasteiger partial charge in [0.05, 0.1) is 5.54 Å². The Labute approximate surface area is 95.4 Å². The second-order valence-corrected chi connectivity index (χ2v) is 4.92. The van der Waals surface area contributed by atoms with Crippen molar-refractivity contribution in [3.8, 4) is 0 Å². The van der Waals surface area contributed by atoms with Crippen LogP contribution in [0.1, 0.15) is 36.6 Å². The van der Waals surface area contributed by atoms with E-state index in [1.165, 1.54) is 0 Å². The molecule has 4 heteroatoms. The molecule has 1 fully saturated rings. The van der Waals surface area contributed by atoms with Gasteiger partial charge in [-0.1, -0.05) is 0 Å². The summed E-state index contributed by atoms with van der Waals surface area (Å²) in [4.78, 5) is 14.0. The topological polar surface area (TPSA) is 59.5 Å². The molecule has 1 saturated heterocycles. The first-order valence-corrected chi connectivity index (χ1v) is 5.57. The van der Waals surface area contributed by atoms with Crippen molar-refractivity contribution in [3.63, 3.8) is 0 Å². The van der Waals surface area contributed by atoms with E-state index < -0.39 is 0 Å². The van der Waals surface area contributed by atoms with Gasteiger partial charge >= 0.3 is 0 Å². The standard InChI is InChI=1S/C12H18N2O2/c1-8-4-5-9(16-8)11(15)14-7-6-10(13)12(14,2)3/h4-5,10H,6-7,13H2,1-3H3. The molecule has 2 heterocycles. The summed E-state index contributed by atoms with van der Waals surface area (Å²) in [5.74, 6) is 1.09. The monoisotopic (exact) mass is 222 g/mol. The van der Waals surface area contributed by atoms with Crippen molar-refractivity contribution < 1.29 is 9.21 Å². The van der Waals surface area contributed by atoms with Gasteiger partial charge in [0, 0.05) is 12.6 Å². The van der Waals surface area contributed by atoms with E-state index in [0.29, 0.717) is 12.3 Å². The molecular formula is C12H18N2O2. The van der Waals surface area contributed by atoms with Crippen molar-refractivity contribution in [1.82, 2.24) is 4.90 Å². The summed E-state index contributed by atoms with van der Waals surface area (Å²) in [6.07, 6.45) is 0.846. The third-order valence-corrected chi connectivity index (χ3v) is 3.46. The number of hydrogen-bond acceptors (Lipinski definition) is 3. The number of furan rings is 1. The summed E-state index contributed by atoms with van der Waals surface area (Å²) in [5.41, 5.74) is 5.71. The van der Waals surface area contributed by atoms with Crippen LogP contribution in [0.4, 0.5) is 0 Å². The van der Waals surface area contributed by atoms with Crippen LogP contribution in [0.15, 0.2) is 16.5 Å². The molecular weight excluding hydrogens is 204 g/mol. The van der Waals surface area contributed by atoms with Crippen LogP contribution in [-0.4, -0.2) is 28.9 Å². The highest BCUT2D eigenvalue weighted by Gasteiger charge is 2.42. The van der Waals surface area contributed by atoms with Crippen molar-refractivity contribution in [2.45, 2.75) is 38.8 Å². The second kappa shape index (κ2) is 3.63. The first-order chi connectivity index (χ1) is 7.43. The minimum absolute atomic E-state index is 0.0347. The van der Waals surface area contributed by atoms with Gasteiger partial charge in [0.15, 0.2) is 5.76 Å². The fraction of sp³-hybridized carbons (Fsp3) is 0.583. The highest BCUT2D eigenvalue weighted by molar-refractivity contribution is 5.92. The van der Waals surface area contributed by atoms with Crippen molar-refractivity contribution in [2.75, 3.05) is 6.54 Å². The minimum Gasteiger partial charge on any atom is -0.456 e. The number of nitrogens with two attached hydrogens (primary N) is 1. The van der Waals surface area contributed by atoms with E-state index in [9.17, 15) is 4.79 Å². The normalized spacial score (nSPS) is 23.8. The van der Waals surface area contributed by atoms with Crippen molar-refractivity contribution >= 4 is 5.91 Å². The van der Waals surface area contributed by atoms with Crippen LogP contribution < -0.4 is 5.73 Å². The molecule has 0 bridgehead atoms. The first kappa shape index (κ1) is 11.2. The van der Waals surface area contributed by atoms with Crippen LogP contribution in [-0.2, 0) is 0 Å². The Bertz CT molecular complexity index is 409. The van der Waals surface area contributed by atoms with Gasteiger partial charge in [-0.25, -0.2) is 0 Å². The molecule has 1 amide bonds. The van der Waals surface area contributed by atoms with Gasteiger partial charge in [-0.2, -0.15) is 0 Å². The van der Waals surface area contributed by atoms with Gasteiger partial charge in [-0.05, 0) is 39.3 Å². The maximum Gasteiger partial charge on any atom is 0.290 e. The maximum absolute atomic E-state index is 12.2. The van der Waals surface area contributed by atoms with Gasteiger partial charge < -0.3 is 15.1 Å². The lowest BCUT2D eigenvalue weighted by atomic mass is 9.96. The average Bonchev–Trinajstić information content (AvgIpc) is 2.73. The zero-order valence-corrected chi connectivity index (χ0v) is 9.99. The second-order valence-electron chi connectivity index (χ2n) is 4.92. The summed E-state index contributed by atoms with van der Waals surface area (Å²) in [6, 6.07) is 3.56. The van der Waals surface area contributed by atoms with Crippen LogP contribution >= 0.6 is 0 Å². The molecule has 1 atom stereocenters. The molecule has 2 rings (SSSR count). The number of hydrogen-bond donors (Lipinski definition) is 1. The van der Waals surface area contributed by atoms with Crippen molar-refractivity contribution in [1.29, 1.82) is 0 Å². The Morgan fingerprint density at radius 2 is 2.25 bits per heavy atom. The molecule has 1 aliphatic heterocycles. The summed E-state index contributed by atoms with van der Waals surface area (Å²) in [7, 11) is 0. The molecule has 0 aliphatic carbocycles. The lowest BCUT2D eigenvalue weighted by Crippen LogP contribution is -2.51. The molecule has 1 unspecified atom stereocenters. The van der Waals surface area contributed by atoms with Crippen LogP contribution in [0.3, 0.4) is 0 Å². The predicted octanol–water partition coefficient (Wildman–Crippen LogP) is 1.54. The largest absolute Gasteiger partial charge is 0.456 e. The lowest BCUT2D eigenvalue weighted by Gasteiger charge is -2.33. The van der Waals surface area contributed by atoms with Crippen LogP contribution in [0, 0.1) is 6.92 Å². The van der Waals surface area contributed by atoms with Crippen LogP contribution in [0.2, 0.25) is 0 Å². The number of nitrogens with zero attached hydrogens (tertiary/aromatic N) is 1. The molecule has 0 spiro atoms. The number of rotatable bonds is 1. The molecule has 4 nitrogen and oxygen atoms in total. The van der Waals surface area contributed by atoms with Crippen LogP contribution in [0.5, 0.6) is 0 Å². The Hall–Kier alpha value is -1.29. The highest BCUT2D eigenvalue weighted by Crippen LogP contribution is 2.29. The van der Waals surface area contributed by atoms with Gasteiger partial charge in [-0.3, -0.25) is 4.79 Å². The number of aryl methyl sites for hydroxylation is 1. The zero-order valence-electron chi connectivity index (χ0n) is 9.99. The fourth-order valence-corrected chi connectivity index (χ4v) is 2.16. The van der Waals surface area contributed by atoms with E-state index in [0.717, 1.165) is 12.2 Å². The molecule has 1 aliphatic rings. The third kappa shape index (κ3) is 1.63. The average molecular weight is 222 g/mol. The Kier molecular flexibility index (Phi) is 2.54. The molecule has 88 valence electrons. The molecule has 16 heavy (non-hydrogen) atoms. The van der Waals surface area contributed by atoms with E-state index >= 15 is 0 Å². The van der Waals surface area contributed by atoms with Gasteiger partial charge in [0.25, 0.3) is 5.91 Å². The van der Waals surface area contributed by atoms with E-state index in [-0.39, 0.29) is 17.5 Å². The van der Waals surface area contributed by atoms with Gasteiger partial charge in [-0.15, -0.1) is 0 Å². The third-order valence-electron chi connectivity index (χ3n) is 3.46. The van der Waals surface area contributed by atoms with Crippen LogP contribution in [0.25, 0.3) is 0 Å². The molecule has 0 saturated carbocycles. The van der Waals surface area contributed by atoms with Gasteiger partial charge in [0.1, 0.15) is 5.76 Å². The smallest absolute Gasteiger partial charge is 0.290 e. The van der Waals surface area contributed by atoms with E-state index in [2.05, 4.69) is 0 Å².